The van der Waals surface area contributed by atoms with Crippen molar-refractivity contribution < 1.29 is 14.1 Å². The minimum atomic E-state index is 0.0730. The van der Waals surface area contributed by atoms with E-state index in [2.05, 4.69) is 15.0 Å². The van der Waals surface area contributed by atoms with Gasteiger partial charge in [-0.25, -0.2) is 0 Å². The van der Waals surface area contributed by atoms with Crippen LogP contribution in [0.2, 0.25) is 0 Å². The number of thiophene rings is 1. The van der Waals surface area contributed by atoms with E-state index in [9.17, 15) is 4.79 Å². The second kappa shape index (κ2) is 11.3. The number of aromatic nitrogens is 2. The normalized spacial score (nSPS) is 14.2. The summed E-state index contributed by atoms with van der Waals surface area (Å²) in [6.07, 6.45) is 1.70. The Morgan fingerprint density at radius 3 is 2.57 bits per heavy atom. The minimum absolute atomic E-state index is 0.0730. The standard InChI is InChI=1S/C27H28N4O3S/c32-27(23-11-5-4-8-21(23)20-33-22-9-2-1-3-10-22)31-17-15-30(16-18-31)14-6-13-25-28-26(29-34-25)24-12-7-19-35-24/h1-5,7-12,19H,6,13-18,20H2. The largest absolute Gasteiger partial charge is 0.489 e. The monoisotopic (exact) mass is 488 g/mol. The zero-order chi connectivity index (χ0) is 23.9. The molecule has 35 heavy (non-hydrogen) atoms. The number of para-hydroxylation sites is 1. The van der Waals surface area contributed by atoms with E-state index in [1.807, 2.05) is 77.0 Å². The van der Waals surface area contributed by atoms with Crippen LogP contribution in [-0.4, -0.2) is 58.6 Å². The Hall–Kier alpha value is -3.49. The number of ether oxygens (including phenoxy) is 1. The number of nitrogens with zero attached hydrogens (tertiary/aromatic N) is 4. The average molecular weight is 489 g/mol. The molecule has 0 saturated carbocycles. The fourth-order valence-electron chi connectivity index (χ4n) is 4.19. The molecule has 2 aromatic heterocycles. The fourth-order valence-corrected chi connectivity index (χ4v) is 4.84. The number of benzene rings is 2. The maximum absolute atomic E-state index is 13.3. The molecule has 2 aromatic carbocycles. The van der Waals surface area contributed by atoms with E-state index in [-0.39, 0.29) is 5.91 Å². The Morgan fingerprint density at radius 2 is 1.77 bits per heavy atom. The highest BCUT2D eigenvalue weighted by Crippen LogP contribution is 2.22. The molecular weight excluding hydrogens is 460 g/mol. The predicted octanol–water partition coefficient (Wildman–Crippen LogP) is 4.77. The second-order valence-electron chi connectivity index (χ2n) is 8.49. The van der Waals surface area contributed by atoms with Crippen molar-refractivity contribution in [2.75, 3.05) is 32.7 Å². The lowest BCUT2D eigenvalue weighted by Crippen LogP contribution is -2.49. The van der Waals surface area contributed by atoms with Gasteiger partial charge in [-0.3, -0.25) is 9.69 Å². The van der Waals surface area contributed by atoms with Crippen molar-refractivity contribution in [3.05, 3.63) is 89.1 Å². The van der Waals surface area contributed by atoms with Gasteiger partial charge in [-0.05, 0) is 42.6 Å². The van der Waals surface area contributed by atoms with Crippen molar-refractivity contribution in [3.63, 3.8) is 0 Å². The van der Waals surface area contributed by atoms with Gasteiger partial charge in [0.25, 0.3) is 5.91 Å². The first-order valence-corrected chi connectivity index (χ1v) is 12.8. The molecule has 7 nitrogen and oxygen atoms in total. The highest BCUT2D eigenvalue weighted by atomic mass is 32.1. The van der Waals surface area contributed by atoms with Gasteiger partial charge in [-0.15, -0.1) is 11.3 Å². The molecule has 0 atom stereocenters. The van der Waals surface area contributed by atoms with Crippen molar-refractivity contribution in [2.24, 2.45) is 0 Å². The van der Waals surface area contributed by atoms with Gasteiger partial charge in [0.2, 0.25) is 11.7 Å². The van der Waals surface area contributed by atoms with Crippen LogP contribution in [0.4, 0.5) is 0 Å². The lowest BCUT2D eigenvalue weighted by molar-refractivity contribution is 0.0633. The van der Waals surface area contributed by atoms with Gasteiger partial charge in [0.15, 0.2) is 0 Å². The second-order valence-corrected chi connectivity index (χ2v) is 9.43. The minimum Gasteiger partial charge on any atom is -0.489 e. The van der Waals surface area contributed by atoms with E-state index in [0.717, 1.165) is 67.3 Å². The molecule has 8 heteroatoms. The average Bonchev–Trinajstić information content (AvgIpc) is 3.61. The summed E-state index contributed by atoms with van der Waals surface area (Å²) in [6, 6.07) is 21.4. The summed E-state index contributed by atoms with van der Waals surface area (Å²) in [4.78, 5) is 23.1. The number of hydrogen-bond acceptors (Lipinski definition) is 7. The molecule has 4 aromatic rings. The van der Waals surface area contributed by atoms with Crippen molar-refractivity contribution in [2.45, 2.75) is 19.4 Å². The van der Waals surface area contributed by atoms with E-state index in [1.165, 1.54) is 0 Å². The maximum Gasteiger partial charge on any atom is 0.254 e. The summed E-state index contributed by atoms with van der Waals surface area (Å²) in [5.41, 5.74) is 1.63. The Labute approximate surface area is 209 Å². The van der Waals surface area contributed by atoms with E-state index in [1.54, 1.807) is 11.3 Å². The molecule has 0 bridgehead atoms. The summed E-state index contributed by atoms with van der Waals surface area (Å²) >= 11 is 1.61. The first kappa shape index (κ1) is 23.3. The first-order valence-electron chi connectivity index (χ1n) is 11.9. The molecule has 0 aliphatic carbocycles. The smallest absolute Gasteiger partial charge is 0.254 e. The molecule has 1 aliphatic heterocycles. The summed E-state index contributed by atoms with van der Waals surface area (Å²) < 4.78 is 11.3. The summed E-state index contributed by atoms with van der Waals surface area (Å²) in [5.74, 6) is 2.21. The number of aryl methyl sites for hydroxylation is 1. The summed E-state index contributed by atoms with van der Waals surface area (Å²) in [7, 11) is 0. The van der Waals surface area contributed by atoms with Crippen LogP contribution >= 0.6 is 11.3 Å². The van der Waals surface area contributed by atoms with E-state index in [4.69, 9.17) is 9.26 Å². The molecule has 180 valence electrons. The van der Waals surface area contributed by atoms with E-state index < -0.39 is 0 Å². The third-order valence-corrected chi connectivity index (χ3v) is 6.99. The number of carbonyl (C=O) groups is 1. The molecule has 1 aliphatic rings. The number of amides is 1. The molecule has 5 rings (SSSR count). The number of carbonyl (C=O) groups excluding carboxylic acids is 1. The predicted molar refractivity (Wildman–Crippen MR) is 135 cm³/mol. The van der Waals surface area contributed by atoms with Gasteiger partial charge in [-0.2, -0.15) is 4.98 Å². The molecule has 3 heterocycles. The van der Waals surface area contributed by atoms with Crippen LogP contribution in [0.5, 0.6) is 5.75 Å². The Morgan fingerprint density at radius 1 is 0.971 bits per heavy atom. The van der Waals surface area contributed by atoms with Crippen LogP contribution in [0.25, 0.3) is 10.7 Å². The van der Waals surface area contributed by atoms with Crippen LogP contribution in [-0.2, 0) is 13.0 Å². The van der Waals surface area contributed by atoms with E-state index in [0.29, 0.717) is 18.3 Å². The Balaban J connectivity index is 1.09. The van der Waals surface area contributed by atoms with Gasteiger partial charge in [0.1, 0.15) is 12.4 Å². The topological polar surface area (TPSA) is 71.7 Å². The van der Waals surface area contributed by atoms with Crippen LogP contribution in [0.1, 0.15) is 28.2 Å². The lowest BCUT2D eigenvalue weighted by atomic mass is 10.1. The number of rotatable bonds is 9. The van der Waals surface area contributed by atoms with Crippen molar-refractivity contribution in [3.8, 4) is 16.5 Å². The molecule has 0 N–H and O–H groups in total. The van der Waals surface area contributed by atoms with Crippen LogP contribution < -0.4 is 4.74 Å². The van der Waals surface area contributed by atoms with Crippen LogP contribution in [0.15, 0.2) is 76.6 Å². The number of hydrogen-bond donors (Lipinski definition) is 0. The zero-order valence-electron chi connectivity index (χ0n) is 19.5. The summed E-state index contributed by atoms with van der Waals surface area (Å²) in [5, 5.41) is 6.08. The molecule has 1 saturated heterocycles. The van der Waals surface area contributed by atoms with Crippen molar-refractivity contribution in [1.29, 1.82) is 0 Å². The fraction of sp³-hybridized carbons (Fsp3) is 0.296. The molecule has 1 fully saturated rings. The lowest BCUT2D eigenvalue weighted by Gasteiger charge is -2.35. The molecular formula is C27H28N4O3S. The molecule has 0 unspecified atom stereocenters. The van der Waals surface area contributed by atoms with Crippen LogP contribution in [0, 0.1) is 0 Å². The number of piperazine rings is 1. The highest BCUT2D eigenvalue weighted by Gasteiger charge is 2.23. The van der Waals surface area contributed by atoms with E-state index >= 15 is 0 Å². The molecule has 1 amide bonds. The quantitative estimate of drug-likeness (QED) is 0.338. The maximum atomic E-state index is 13.3. The third kappa shape index (κ3) is 5.96. The zero-order valence-corrected chi connectivity index (χ0v) is 20.3. The Bertz CT molecular complexity index is 1220. The molecule has 0 spiro atoms. The van der Waals surface area contributed by atoms with Gasteiger partial charge in [-0.1, -0.05) is 47.6 Å². The highest BCUT2D eigenvalue weighted by molar-refractivity contribution is 7.13. The van der Waals surface area contributed by atoms with Crippen LogP contribution in [0.3, 0.4) is 0 Å². The third-order valence-electron chi connectivity index (χ3n) is 6.12. The van der Waals surface area contributed by atoms with Gasteiger partial charge in [0, 0.05) is 43.7 Å². The van der Waals surface area contributed by atoms with Gasteiger partial charge < -0.3 is 14.2 Å². The van der Waals surface area contributed by atoms with Crippen molar-refractivity contribution >= 4 is 17.2 Å². The van der Waals surface area contributed by atoms with Crippen molar-refractivity contribution in [1.82, 2.24) is 19.9 Å². The van der Waals surface area contributed by atoms with Gasteiger partial charge in [0.05, 0.1) is 4.88 Å². The van der Waals surface area contributed by atoms with Gasteiger partial charge >= 0.3 is 0 Å². The SMILES string of the molecule is O=C(c1ccccc1COc1ccccc1)N1CCN(CCCc2nc(-c3cccs3)no2)CC1. The first-order chi connectivity index (χ1) is 17.3. The Kier molecular flexibility index (Phi) is 7.50. The molecule has 0 radical (unpaired) electrons. The summed E-state index contributed by atoms with van der Waals surface area (Å²) in [6.45, 7) is 4.47.